The van der Waals surface area contributed by atoms with Gasteiger partial charge in [-0.2, -0.15) is 0 Å². The number of aryl methyl sites for hydroxylation is 1. The van der Waals surface area contributed by atoms with Crippen LogP contribution in [0, 0.1) is 6.92 Å². The molecule has 0 atom stereocenters. The van der Waals surface area contributed by atoms with E-state index in [2.05, 4.69) is 4.74 Å². The molecule has 2 rings (SSSR count). The first-order chi connectivity index (χ1) is 8.61. The highest BCUT2D eigenvalue weighted by Crippen LogP contribution is 2.25. The number of hydrogen-bond donors (Lipinski definition) is 1. The van der Waals surface area contributed by atoms with E-state index >= 15 is 0 Å². The summed E-state index contributed by atoms with van der Waals surface area (Å²) in [6.45, 7) is 2.01. The van der Waals surface area contributed by atoms with Crippen molar-refractivity contribution in [3.05, 3.63) is 53.6 Å². The molecule has 0 heterocycles. The van der Waals surface area contributed by atoms with Gasteiger partial charge in [0.1, 0.15) is 0 Å². The molecule has 0 aliphatic rings. The zero-order chi connectivity index (χ0) is 13.1. The van der Waals surface area contributed by atoms with Crippen LogP contribution < -0.4 is 5.73 Å². The fourth-order valence-corrected chi connectivity index (χ4v) is 1.91. The minimum Gasteiger partial charge on any atom is -0.465 e. The molecule has 0 bridgehead atoms. The summed E-state index contributed by atoms with van der Waals surface area (Å²) < 4.78 is 4.67. The summed E-state index contributed by atoms with van der Waals surface area (Å²) in [4.78, 5) is 11.3. The van der Waals surface area contributed by atoms with E-state index in [0.29, 0.717) is 5.56 Å². The van der Waals surface area contributed by atoms with Gasteiger partial charge in [0, 0.05) is 5.69 Å². The van der Waals surface area contributed by atoms with Gasteiger partial charge in [0.05, 0.1) is 12.7 Å². The van der Waals surface area contributed by atoms with Crippen LogP contribution in [0.25, 0.3) is 11.1 Å². The molecule has 0 amide bonds. The van der Waals surface area contributed by atoms with Crippen molar-refractivity contribution in [2.45, 2.75) is 6.92 Å². The highest BCUT2D eigenvalue weighted by molar-refractivity contribution is 5.90. The van der Waals surface area contributed by atoms with Gasteiger partial charge in [0.15, 0.2) is 0 Å². The van der Waals surface area contributed by atoms with E-state index in [1.54, 1.807) is 12.1 Å². The largest absolute Gasteiger partial charge is 0.465 e. The molecule has 2 aromatic carbocycles. The molecule has 0 fully saturated rings. The average molecular weight is 241 g/mol. The zero-order valence-corrected chi connectivity index (χ0v) is 10.4. The number of rotatable bonds is 2. The first-order valence-corrected chi connectivity index (χ1v) is 5.66. The lowest BCUT2D eigenvalue weighted by Crippen LogP contribution is -2.00. The Kier molecular flexibility index (Phi) is 3.33. The summed E-state index contributed by atoms with van der Waals surface area (Å²) in [7, 11) is 1.38. The van der Waals surface area contributed by atoms with Crippen LogP contribution in [-0.4, -0.2) is 13.1 Å². The Balaban J connectivity index is 2.37. The summed E-state index contributed by atoms with van der Waals surface area (Å²) >= 11 is 0. The van der Waals surface area contributed by atoms with Gasteiger partial charge in [0.2, 0.25) is 0 Å². The van der Waals surface area contributed by atoms with Crippen LogP contribution in [-0.2, 0) is 4.74 Å². The third kappa shape index (κ3) is 2.35. The van der Waals surface area contributed by atoms with E-state index in [1.807, 2.05) is 37.3 Å². The first-order valence-electron chi connectivity index (χ1n) is 5.66. The van der Waals surface area contributed by atoms with Gasteiger partial charge in [-0.05, 0) is 47.9 Å². The van der Waals surface area contributed by atoms with Gasteiger partial charge in [-0.15, -0.1) is 0 Å². The fourth-order valence-electron chi connectivity index (χ4n) is 1.91. The van der Waals surface area contributed by atoms with Crippen molar-refractivity contribution in [2.24, 2.45) is 0 Å². The standard InChI is InChI=1S/C15H15NO2/c1-10-9-13(16)7-8-14(10)11-3-5-12(6-4-11)15(17)18-2/h3-9H,16H2,1-2H3. The SMILES string of the molecule is COC(=O)c1ccc(-c2ccc(N)cc2C)cc1. The number of esters is 1. The quantitative estimate of drug-likeness (QED) is 0.649. The van der Waals surface area contributed by atoms with Crippen molar-refractivity contribution in [2.75, 3.05) is 12.8 Å². The average Bonchev–Trinajstić information content (AvgIpc) is 2.38. The molecular formula is C15H15NO2. The second kappa shape index (κ2) is 4.92. The molecule has 0 aliphatic heterocycles. The van der Waals surface area contributed by atoms with Gasteiger partial charge in [-0.1, -0.05) is 18.2 Å². The number of benzene rings is 2. The second-order valence-corrected chi connectivity index (χ2v) is 4.14. The van der Waals surface area contributed by atoms with Crippen LogP contribution in [0.1, 0.15) is 15.9 Å². The Labute approximate surface area is 106 Å². The van der Waals surface area contributed by atoms with Crippen molar-refractivity contribution in [1.82, 2.24) is 0 Å². The summed E-state index contributed by atoms with van der Waals surface area (Å²) in [5.41, 5.74) is 10.3. The summed E-state index contributed by atoms with van der Waals surface area (Å²) in [5, 5.41) is 0. The van der Waals surface area contributed by atoms with E-state index < -0.39 is 0 Å². The number of nitrogen functional groups attached to an aromatic ring is 1. The number of methoxy groups -OCH3 is 1. The Hall–Kier alpha value is -2.29. The van der Waals surface area contributed by atoms with Crippen LogP contribution in [0.4, 0.5) is 5.69 Å². The number of ether oxygens (including phenoxy) is 1. The molecule has 18 heavy (non-hydrogen) atoms. The molecule has 2 aromatic rings. The third-order valence-electron chi connectivity index (χ3n) is 2.87. The third-order valence-corrected chi connectivity index (χ3v) is 2.87. The number of carbonyl (C=O) groups is 1. The van der Waals surface area contributed by atoms with Gasteiger partial charge in [-0.25, -0.2) is 4.79 Å². The maximum absolute atomic E-state index is 11.3. The van der Waals surface area contributed by atoms with Crippen molar-refractivity contribution >= 4 is 11.7 Å². The lowest BCUT2D eigenvalue weighted by atomic mass is 9.99. The van der Waals surface area contributed by atoms with Crippen molar-refractivity contribution in [1.29, 1.82) is 0 Å². The summed E-state index contributed by atoms with van der Waals surface area (Å²) in [5.74, 6) is -0.324. The Morgan fingerprint density at radius 2 is 1.78 bits per heavy atom. The number of hydrogen-bond acceptors (Lipinski definition) is 3. The molecule has 0 unspecified atom stereocenters. The monoisotopic (exact) mass is 241 g/mol. The Morgan fingerprint density at radius 1 is 1.11 bits per heavy atom. The molecule has 0 radical (unpaired) electrons. The molecular weight excluding hydrogens is 226 g/mol. The van der Waals surface area contributed by atoms with Crippen LogP contribution in [0.3, 0.4) is 0 Å². The molecule has 2 N–H and O–H groups in total. The van der Waals surface area contributed by atoms with Crippen molar-refractivity contribution in [3.63, 3.8) is 0 Å². The van der Waals surface area contributed by atoms with E-state index in [4.69, 9.17) is 5.73 Å². The van der Waals surface area contributed by atoms with Crippen molar-refractivity contribution in [3.8, 4) is 11.1 Å². The van der Waals surface area contributed by atoms with E-state index in [9.17, 15) is 4.79 Å². The van der Waals surface area contributed by atoms with Crippen LogP contribution in [0.15, 0.2) is 42.5 Å². The molecule has 3 nitrogen and oxygen atoms in total. The van der Waals surface area contributed by atoms with Crippen LogP contribution in [0.5, 0.6) is 0 Å². The molecule has 0 saturated carbocycles. The maximum atomic E-state index is 11.3. The van der Waals surface area contributed by atoms with Crippen molar-refractivity contribution < 1.29 is 9.53 Å². The Bertz CT molecular complexity index is 574. The van der Waals surface area contributed by atoms with Gasteiger partial charge in [0.25, 0.3) is 0 Å². The highest BCUT2D eigenvalue weighted by atomic mass is 16.5. The van der Waals surface area contributed by atoms with Gasteiger partial charge >= 0.3 is 5.97 Å². The molecule has 0 aliphatic carbocycles. The van der Waals surface area contributed by atoms with Gasteiger partial charge in [-0.3, -0.25) is 0 Å². The van der Waals surface area contributed by atoms with E-state index in [1.165, 1.54) is 7.11 Å². The lowest BCUT2D eigenvalue weighted by Gasteiger charge is -2.07. The lowest BCUT2D eigenvalue weighted by molar-refractivity contribution is 0.0601. The topological polar surface area (TPSA) is 52.3 Å². The normalized spacial score (nSPS) is 10.1. The number of anilines is 1. The second-order valence-electron chi connectivity index (χ2n) is 4.14. The summed E-state index contributed by atoms with van der Waals surface area (Å²) in [6.07, 6.45) is 0. The molecule has 0 aromatic heterocycles. The van der Waals surface area contributed by atoms with Gasteiger partial charge < -0.3 is 10.5 Å². The predicted octanol–water partition coefficient (Wildman–Crippen LogP) is 3.03. The number of carbonyl (C=O) groups excluding carboxylic acids is 1. The first kappa shape index (κ1) is 12.2. The number of nitrogens with two attached hydrogens (primary N) is 1. The highest BCUT2D eigenvalue weighted by Gasteiger charge is 2.06. The predicted molar refractivity (Wildman–Crippen MR) is 72.4 cm³/mol. The maximum Gasteiger partial charge on any atom is 0.337 e. The Morgan fingerprint density at radius 3 is 2.33 bits per heavy atom. The zero-order valence-electron chi connectivity index (χ0n) is 10.4. The molecule has 0 spiro atoms. The molecule has 0 saturated heterocycles. The van der Waals surface area contributed by atoms with Crippen LogP contribution in [0.2, 0.25) is 0 Å². The molecule has 92 valence electrons. The van der Waals surface area contributed by atoms with E-state index in [-0.39, 0.29) is 5.97 Å². The van der Waals surface area contributed by atoms with E-state index in [0.717, 1.165) is 22.4 Å². The smallest absolute Gasteiger partial charge is 0.337 e. The fraction of sp³-hybridized carbons (Fsp3) is 0.133. The minimum atomic E-state index is -0.324. The summed E-state index contributed by atoms with van der Waals surface area (Å²) in [6, 6.07) is 13.1. The van der Waals surface area contributed by atoms with Crippen LogP contribution >= 0.6 is 0 Å². The minimum absolute atomic E-state index is 0.324. The molecule has 3 heteroatoms.